The highest BCUT2D eigenvalue weighted by Crippen LogP contribution is 2.33. The minimum Gasteiger partial charge on any atom is -0.482 e. The Kier molecular flexibility index (Phi) is 4.99. The summed E-state index contributed by atoms with van der Waals surface area (Å²) in [6.07, 6.45) is -1.25. The van der Waals surface area contributed by atoms with Gasteiger partial charge >= 0.3 is 0 Å². The Morgan fingerprint density at radius 1 is 1.11 bits per heavy atom. The van der Waals surface area contributed by atoms with Crippen molar-refractivity contribution < 1.29 is 19.4 Å². The Balaban J connectivity index is 1.56. The van der Waals surface area contributed by atoms with Crippen molar-refractivity contribution in [1.29, 1.82) is 0 Å². The number of nitrogens with zero attached hydrogens (tertiary/aromatic N) is 2. The highest BCUT2D eigenvalue weighted by atomic mass is 16.6. The van der Waals surface area contributed by atoms with Gasteiger partial charge in [-0.2, -0.15) is 5.10 Å². The Bertz CT molecular complexity index is 971. The number of nitrogens with one attached hydrogen (secondary N) is 1. The zero-order valence-electron chi connectivity index (χ0n) is 15.4. The fraction of sp³-hybridized carbons (Fsp3) is 0.238. The summed E-state index contributed by atoms with van der Waals surface area (Å²) in [5, 5.41) is 16.7. The van der Waals surface area contributed by atoms with Gasteiger partial charge in [0.05, 0.1) is 18.8 Å². The molecule has 2 aromatic carbocycles. The van der Waals surface area contributed by atoms with Gasteiger partial charge in [0.15, 0.2) is 11.5 Å². The van der Waals surface area contributed by atoms with Crippen LogP contribution in [0, 0.1) is 0 Å². The summed E-state index contributed by atoms with van der Waals surface area (Å²) < 4.78 is 13.2. The lowest BCUT2D eigenvalue weighted by Crippen LogP contribution is -2.46. The van der Waals surface area contributed by atoms with Crippen molar-refractivity contribution in [1.82, 2.24) is 9.78 Å². The van der Waals surface area contributed by atoms with Crippen LogP contribution < -0.4 is 14.8 Å². The molecule has 7 nitrogen and oxygen atoms in total. The minimum atomic E-state index is -0.799. The van der Waals surface area contributed by atoms with Crippen LogP contribution in [0.2, 0.25) is 0 Å². The quantitative estimate of drug-likeness (QED) is 0.712. The van der Waals surface area contributed by atoms with E-state index in [0.717, 1.165) is 5.56 Å². The first-order valence-corrected chi connectivity index (χ1v) is 9.13. The zero-order chi connectivity index (χ0) is 19.5. The summed E-state index contributed by atoms with van der Waals surface area (Å²) in [6.45, 7) is 1.97. The van der Waals surface area contributed by atoms with E-state index in [2.05, 4.69) is 10.4 Å². The Hall–Kier alpha value is -3.32. The van der Waals surface area contributed by atoms with Gasteiger partial charge in [-0.1, -0.05) is 42.5 Å². The first-order valence-electron chi connectivity index (χ1n) is 9.13. The third-order valence-electron chi connectivity index (χ3n) is 4.51. The predicted octanol–water partition coefficient (Wildman–Crippen LogP) is 2.71. The molecule has 0 unspecified atom stereocenters. The molecule has 28 heavy (non-hydrogen) atoms. The molecule has 2 heterocycles. The van der Waals surface area contributed by atoms with Crippen molar-refractivity contribution in [3.05, 3.63) is 60.7 Å². The van der Waals surface area contributed by atoms with Crippen LogP contribution >= 0.6 is 0 Å². The third kappa shape index (κ3) is 3.57. The number of benzene rings is 2. The van der Waals surface area contributed by atoms with Gasteiger partial charge in [0.2, 0.25) is 6.10 Å². The number of carbonyl (C=O) groups excluding carboxylic acids is 1. The molecule has 0 radical (unpaired) electrons. The van der Waals surface area contributed by atoms with E-state index in [0.29, 0.717) is 23.0 Å². The van der Waals surface area contributed by atoms with Crippen molar-refractivity contribution in [2.45, 2.75) is 25.7 Å². The molecule has 2 N–H and O–H groups in total. The van der Waals surface area contributed by atoms with Crippen molar-refractivity contribution in [3.63, 3.8) is 0 Å². The summed E-state index contributed by atoms with van der Waals surface area (Å²) in [6, 6.07) is 18.7. The maximum absolute atomic E-state index is 12.9. The van der Waals surface area contributed by atoms with E-state index in [4.69, 9.17) is 9.47 Å². The van der Waals surface area contributed by atoms with E-state index in [1.54, 1.807) is 23.7 Å². The van der Waals surface area contributed by atoms with Gasteiger partial charge in [0.1, 0.15) is 11.9 Å². The van der Waals surface area contributed by atoms with Gasteiger partial charge in [-0.25, -0.2) is 4.68 Å². The number of aliphatic hydroxyl groups excluding tert-OH is 1. The summed E-state index contributed by atoms with van der Waals surface area (Å²) in [4.78, 5) is 12.9. The summed E-state index contributed by atoms with van der Waals surface area (Å²) in [7, 11) is 0. The van der Waals surface area contributed by atoms with Crippen LogP contribution in [-0.2, 0) is 11.3 Å². The molecule has 7 heteroatoms. The zero-order valence-corrected chi connectivity index (χ0v) is 15.4. The molecule has 0 fully saturated rings. The maximum atomic E-state index is 12.9. The predicted molar refractivity (Wildman–Crippen MR) is 104 cm³/mol. The van der Waals surface area contributed by atoms with Gasteiger partial charge in [0, 0.05) is 11.6 Å². The van der Waals surface area contributed by atoms with Crippen molar-refractivity contribution in [2.24, 2.45) is 0 Å². The van der Waals surface area contributed by atoms with Crippen LogP contribution in [0.1, 0.15) is 6.92 Å². The van der Waals surface area contributed by atoms with Gasteiger partial charge in [-0.3, -0.25) is 4.79 Å². The van der Waals surface area contributed by atoms with Crippen molar-refractivity contribution in [3.8, 4) is 22.8 Å². The highest BCUT2D eigenvalue weighted by molar-refractivity contribution is 5.94. The van der Waals surface area contributed by atoms with E-state index >= 15 is 0 Å². The number of anilines is 1. The summed E-state index contributed by atoms with van der Waals surface area (Å²) in [5.74, 6) is 1.32. The Morgan fingerprint density at radius 3 is 2.50 bits per heavy atom. The first-order chi connectivity index (χ1) is 13.7. The van der Waals surface area contributed by atoms with E-state index < -0.39 is 12.2 Å². The number of amides is 1. The SMILES string of the molecule is C[C@H]1Oc2ccccc2O[C@H]1C(=O)Nc1cc(-c2ccccc2)nn1CCO. The molecule has 1 aliphatic rings. The van der Waals surface area contributed by atoms with E-state index in [1.807, 2.05) is 48.5 Å². The molecular weight excluding hydrogens is 358 g/mol. The van der Waals surface area contributed by atoms with E-state index in [9.17, 15) is 9.90 Å². The standard InChI is InChI=1S/C21H21N3O4/c1-14-20(28-18-10-6-5-9-17(18)27-14)21(26)22-19-13-16(23-24(19)11-12-25)15-7-3-2-4-8-15/h2-10,13-14,20,25H,11-12H2,1H3,(H,22,26)/t14-,20-/m1/s1. The van der Waals surface area contributed by atoms with E-state index in [1.165, 1.54) is 0 Å². The molecule has 0 saturated heterocycles. The van der Waals surface area contributed by atoms with E-state index in [-0.39, 0.29) is 19.1 Å². The fourth-order valence-corrected chi connectivity index (χ4v) is 3.14. The average Bonchev–Trinajstić information content (AvgIpc) is 3.11. The molecule has 144 valence electrons. The second-order valence-corrected chi connectivity index (χ2v) is 6.52. The summed E-state index contributed by atoms with van der Waals surface area (Å²) in [5.41, 5.74) is 1.64. The van der Waals surface area contributed by atoms with Crippen LogP contribution in [0.15, 0.2) is 60.7 Å². The van der Waals surface area contributed by atoms with Crippen LogP contribution in [0.5, 0.6) is 11.5 Å². The van der Waals surface area contributed by atoms with Crippen LogP contribution in [0.25, 0.3) is 11.3 Å². The largest absolute Gasteiger partial charge is 0.482 e. The molecule has 1 amide bonds. The lowest BCUT2D eigenvalue weighted by molar-refractivity contribution is -0.128. The van der Waals surface area contributed by atoms with Gasteiger partial charge < -0.3 is 19.9 Å². The number of hydrogen-bond acceptors (Lipinski definition) is 5. The Morgan fingerprint density at radius 2 is 1.79 bits per heavy atom. The molecule has 0 aliphatic carbocycles. The van der Waals surface area contributed by atoms with Gasteiger partial charge in [-0.15, -0.1) is 0 Å². The maximum Gasteiger partial charge on any atom is 0.270 e. The average molecular weight is 379 g/mol. The van der Waals surface area contributed by atoms with Crippen molar-refractivity contribution in [2.75, 3.05) is 11.9 Å². The molecule has 2 atom stereocenters. The third-order valence-corrected chi connectivity index (χ3v) is 4.51. The highest BCUT2D eigenvalue weighted by Gasteiger charge is 2.34. The van der Waals surface area contributed by atoms with Crippen molar-refractivity contribution >= 4 is 11.7 Å². The number of hydrogen-bond donors (Lipinski definition) is 2. The normalized spacial score (nSPS) is 17.9. The van der Waals surface area contributed by atoms with Gasteiger partial charge in [0.25, 0.3) is 5.91 Å². The molecule has 1 aromatic heterocycles. The minimum absolute atomic E-state index is 0.0917. The van der Waals surface area contributed by atoms with Crippen LogP contribution in [0.4, 0.5) is 5.82 Å². The number of rotatable bonds is 5. The first kappa shape index (κ1) is 18.1. The second-order valence-electron chi connectivity index (χ2n) is 6.52. The molecule has 3 aromatic rings. The number of fused-ring (bicyclic) bond motifs is 1. The number of aliphatic hydroxyl groups is 1. The molecule has 0 bridgehead atoms. The molecule has 0 saturated carbocycles. The molecule has 1 aliphatic heterocycles. The van der Waals surface area contributed by atoms with Gasteiger partial charge in [-0.05, 0) is 19.1 Å². The smallest absolute Gasteiger partial charge is 0.270 e. The van der Waals surface area contributed by atoms with Crippen LogP contribution in [-0.4, -0.2) is 39.6 Å². The lowest BCUT2D eigenvalue weighted by Gasteiger charge is -2.30. The molecular formula is C21H21N3O4. The number of para-hydroxylation sites is 2. The molecule has 0 spiro atoms. The molecule has 4 rings (SSSR count). The summed E-state index contributed by atoms with van der Waals surface area (Å²) >= 11 is 0. The van der Waals surface area contributed by atoms with Crippen LogP contribution in [0.3, 0.4) is 0 Å². The lowest BCUT2D eigenvalue weighted by atomic mass is 10.1. The second kappa shape index (κ2) is 7.74. The number of aromatic nitrogens is 2. The topological polar surface area (TPSA) is 85.6 Å². The fourth-order valence-electron chi connectivity index (χ4n) is 3.14. The number of ether oxygens (including phenoxy) is 2. The monoisotopic (exact) mass is 379 g/mol. The number of carbonyl (C=O) groups is 1. The Labute approximate surface area is 162 Å².